The van der Waals surface area contributed by atoms with Gasteiger partial charge in [0.05, 0.1) is 0 Å². The molecule has 1 aromatic carbocycles. The zero-order valence-corrected chi connectivity index (χ0v) is 12.7. The first kappa shape index (κ1) is 15.3. The van der Waals surface area contributed by atoms with Gasteiger partial charge in [-0.25, -0.2) is 0 Å². The summed E-state index contributed by atoms with van der Waals surface area (Å²) in [6.45, 7) is 8.48. The number of anilines is 1. The lowest BCUT2D eigenvalue weighted by Crippen LogP contribution is -2.29. The number of benzene rings is 1. The third-order valence-electron chi connectivity index (χ3n) is 3.45. The van der Waals surface area contributed by atoms with Crippen molar-refractivity contribution in [2.75, 3.05) is 18.5 Å². The van der Waals surface area contributed by atoms with E-state index >= 15 is 0 Å². The Hall–Kier alpha value is -0.730. The molecule has 0 spiro atoms. The van der Waals surface area contributed by atoms with E-state index in [2.05, 4.69) is 44.1 Å². The summed E-state index contributed by atoms with van der Waals surface area (Å²) in [7, 11) is 2.14. The first-order valence-electron chi connectivity index (χ1n) is 6.82. The standard InChI is InChI=1S/C15H25ClN2/c1-5-10-17-11-13-14(16)8-7-9-15(13)18(4)12(3)6-2/h7-9,12,17H,5-6,10-11H2,1-4H3. The van der Waals surface area contributed by atoms with Gasteiger partial charge >= 0.3 is 0 Å². The van der Waals surface area contributed by atoms with Crippen molar-refractivity contribution in [1.29, 1.82) is 0 Å². The smallest absolute Gasteiger partial charge is 0.0471 e. The van der Waals surface area contributed by atoms with Gasteiger partial charge in [0.1, 0.15) is 0 Å². The number of nitrogens with zero attached hydrogens (tertiary/aromatic N) is 1. The quantitative estimate of drug-likeness (QED) is 0.750. The lowest BCUT2D eigenvalue weighted by atomic mass is 10.1. The van der Waals surface area contributed by atoms with Crippen molar-refractivity contribution < 1.29 is 0 Å². The zero-order valence-electron chi connectivity index (χ0n) is 12.0. The molecular formula is C15H25ClN2. The minimum Gasteiger partial charge on any atom is -0.372 e. The van der Waals surface area contributed by atoms with Crippen LogP contribution in [0.3, 0.4) is 0 Å². The van der Waals surface area contributed by atoms with Crippen molar-refractivity contribution in [3.63, 3.8) is 0 Å². The Morgan fingerprint density at radius 2 is 2.06 bits per heavy atom. The first-order valence-corrected chi connectivity index (χ1v) is 7.20. The van der Waals surface area contributed by atoms with Gasteiger partial charge in [-0.15, -0.1) is 0 Å². The molecule has 0 saturated carbocycles. The summed E-state index contributed by atoms with van der Waals surface area (Å²) in [5.41, 5.74) is 2.44. The molecule has 0 radical (unpaired) electrons. The topological polar surface area (TPSA) is 15.3 Å². The largest absolute Gasteiger partial charge is 0.372 e. The normalized spacial score (nSPS) is 12.5. The SMILES string of the molecule is CCCNCc1c(Cl)cccc1N(C)C(C)CC. The molecule has 0 aliphatic rings. The summed E-state index contributed by atoms with van der Waals surface area (Å²) in [6, 6.07) is 6.67. The molecule has 18 heavy (non-hydrogen) atoms. The molecule has 1 N–H and O–H groups in total. The second-order valence-corrected chi connectivity index (χ2v) is 5.19. The van der Waals surface area contributed by atoms with E-state index in [4.69, 9.17) is 11.6 Å². The van der Waals surface area contributed by atoms with E-state index in [1.807, 2.05) is 12.1 Å². The highest BCUT2D eigenvalue weighted by molar-refractivity contribution is 6.31. The fraction of sp³-hybridized carbons (Fsp3) is 0.600. The Morgan fingerprint density at radius 3 is 2.67 bits per heavy atom. The molecule has 0 aliphatic heterocycles. The molecule has 0 saturated heterocycles. The van der Waals surface area contributed by atoms with Crippen molar-refractivity contribution in [2.45, 2.75) is 46.2 Å². The molecule has 1 unspecified atom stereocenters. The maximum atomic E-state index is 6.33. The minimum atomic E-state index is 0.522. The van der Waals surface area contributed by atoms with Crippen LogP contribution in [0.25, 0.3) is 0 Å². The zero-order chi connectivity index (χ0) is 13.5. The Bertz CT molecular complexity index is 366. The van der Waals surface area contributed by atoms with Crippen molar-refractivity contribution in [2.24, 2.45) is 0 Å². The molecule has 0 fully saturated rings. The van der Waals surface area contributed by atoms with Crippen LogP contribution in [0.4, 0.5) is 5.69 Å². The number of halogens is 1. The lowest BCUT2D eigenvalue weighted by molar-refractivity contribution is 0.647. The molecule has 1 atom stereocenters. The van der Waals surface area contributed by atoms with E-state index in [1.165, 1.54) is 11.3 Å². The van der Waals surface area contributed by atoms with Gasteiger partial charge in [0.25, 0.3) is 0 Å². The fourth-order valence-corrected chi connectivity index (χ4v) is 2.19. The average Bonchev–Trinajstić information content (AvgIpc) is 2.39. The van der Waals surface area contributed by atoms with E-state index in [9.17, 15) is 0 Å². The number of hydrogen-bond acceptors (Lipinski definition) is 2. The summed E-state index contributed by atoms with van der Waals surface area (Å²) in [4.78, 5) is 2.31. The fourth-order valence-electron chi connectivity index (χ4n) is 1.95. The Balaban J connectivity index is 2.92. The molecule has 3 heteroatoms. The predicted molar refractivity (Wildman–Crippen MR) is 81.6 cm³/mol. The highest BCUT2D eigenvalue weighted by atomic mass is 35.5. The van der Waals surface area contributed by atoms with Gasteiger partial charge in [-0.1, -0.05) is 31.5 Å². The van der Waals surface area contributed by atoms with Gasteiger partial charge in [-0.05, 0) is 38.4 Å². The molecule has 2 nitrogen and oxygen atoms in total. The maximum Gasteiger partial charge on any atom is 0.0471 e. The third kappa shape index (κ3) is 3.89. The monoisotopic (exact) mass is 268 g/mol. The molecule has 0 aliphatic carbocycles. The van der Waals surface area contributed by atoms with E-state index in [-0.39, 0.29) is 0 Å². The molecule has 1 aromatic rings. The van der Waals surface area contributed by atoms with Gasteiger partial charge in [-0.3, -0.25) is 0 Å². The van der Waals surface area contributed by atoms with Crippen LogP contribution in [0.5, 0.6) is 0 Å². The van der Waals surface area contributed by atoms with Crippen LogP contribution in [0.15, 0.2) is 18.2 Å². The second kappa shape index (κ2) is 7.65. The van der Waals surface area contributed by atoms with Crippen LogP contribution in [0.2, 0.25) is 5.02 Å². The van der Waals surface area contributed by atoms with Crippen molar-refractivity contribution in [3.05, 3.63) is 28.8 Å². The van der Waals surface area contributed by atoms with Gasteiger partial charge in [-0.2, -0.15) is 0 Å². The first-order chi connectivity index (χ1) is 8.61. The van der Waals surface area contributed by atoms with Crippen LogP contribution in [-0.2, 0) is 6.54 Å². The summed E-state index contributed by atoms with van der Waals surface area (Å²) >= 11 is 6.33. The van der Waals surface area contributed by atoms with Crippen LogP contribution < -0.4 is 10.2 Å². The number of rotatable bonds is 7. The summed E-state index contributed by atoms with van der Waals surface area (Å²) in [5, 5.41) is 4.29. The molecular weight excluding hydrogens is 244 g/mol. The highest BCUT2D eigenvalue weighted by Gasteiger charge is 2.14. The van der Waals surface area contributed by atoms with Crippen LogP contribution >= 0.6 is 11.6 Å². The lowest BCUT2D eigenvalue weighted by Gasteiger charge is -2.29. The van der Waals surface area contributed by atoms with E-state index in [0.29, 0.717) is 6.04 Å². The minimum absolute atomic E-state index is 0.522. The highest BCUT2D eigenvalue weighted by Crippen LogP contribution is 2.28. The number of hydrogen-bond donors (Lipinski definition) is 1. The Kier molecular flexibility index (Phi) is 6.51. The number of nitrogens with one attached hydrogen (secondary N) is 1. The Labute approximate surface area is 116 Å². The van der Waals surface area contributed by atoms with Gasteiger partial charge in [0.15, 0.2) is 0 Å². The van der Waals surface area contributed by atoms with E-state index in [1.54, 1.807) is 0 Å². The van der Waals surface area contributed by atoms with Crippen molar-refractivity contribution in [3.8, 4) is 0 Å². The van der Waals surface area contributed by atoms with E-state index < -0.39 is 0 Å². The summed E-state index contributed by atoms with van der Waals surface area (Å²) < 4.78 is 0. The third-order valence-corrected chi connectivity index (χ3v) is 3.81. The molecule has 102 valence electrons. The van der Waals surface area contributed by atoms with Crippen molar-refractivity contribution in [1.82, 2.24) is 5.32 Å². The van der Waals surface area contributed by atoms with Crippen LogP contribution in [-0.4, -0.2) is 19.6 Å². The predicted octanol–water partition coefficient (Wildman–Crippen LogP) is 4.07. The Morgan fingerprint density at radius 1 is 1.33 bits per heavy atom. The van der Waals surface area contributed by atoms with Crippen LogP contribution in [0, 0.1) is 0 Å². The van der Waals surface area contributed by atoms with Crippen molar-refractivity contribution >= 4 is 17.3 Å². The summed E-state index contributed by atoms with van der Waals surface area (Å²) in [6.07, 6.45) is 2.27. The summed E-state index contributed by atoms with van der Waals surface area (Å²) in [5.74, 6) is 0. The van der Waals surface area contributed by atoms with Crippen LogP contribution in [0.1, 0.15) is 39.2 Å². The van der Waals surface area contributed by atoms with Gasteiger partial charge in [0, 0.05) is 35.9 Å². The maximum absolute atomic E-state index is 6.33. The molecule has 0 heterocycles. The van der Waals surface area contributed by atoms with E-state index in [0.717, 1.165) is 31.0 Å². The molecule has 0 bridgehead atoms. The molecule has 0 amide bonds. The second-order valence-electron chi connectivity index (χ2n) is 4.78. The molecule has 1 rings (SSSR count). The molecule has 0 aromatic heterocycles. The van der Waals surface area contributed by atoms with Gasteiger partial charge in [0.2, 0.25) is 0 Å². The average molecular weight is 269 g/mol. The van der Waals surface area contributed by atoms with Gasteiger partial charge < -0.3 is 10.2 Å².